The maximum absolute atomic E-state index is 13.1. The fourth-order valence-electron chi connectivity index (χ4n) is 4.24. The molecule has 0 bridgehead atoms. The van der Waals surface area contributed by atoms with Crippen LogP contribution < -0.4 is 10.0 Å². The van der Waals surface area contributed by atoms with E-state index in [1.54, 1.807) is 18.3 Å². The Morgan fingerprint density at radius 2 is 1.83 bits per heavy atom. The van der Waals surface area contributed by atoms with Crippen LogP contribution in [0.15, 0.2) is 48.7 Å². The monoisotopic (exact) mass is 428 g/mol. The lowest BCUT2D eigenvalue weighted by Crippen LogP contribution is -2.41. The first-order valence-electron chi connectivity index (χ1n) is 10.4. The molecule has 8 heteroatoms. The predicted molar refractivity (Wildman–Crippen MR) is 117 cm³/mol. The van der Waals surface area contributed by atoms with Gasteiger partial charge in [0.1, 0.15) is 5.82 Å². The molecule has 2 fully saturated rings. The molecular weight excluding hydrogens is 400 g/mol. The summed E-state index contributed by atoms with van der Waals surface area (Å²) in [5.41, 5.74) is 1.50. The number of nitrogens with one attached hydrogen (secondary N) is 2. The lowest BCUT2D eigenvalue weighted by Gasteiger charge is -2.29. The Balaban J connectivity index is 1.44. The van der Waals surface area contributed by atoms with E-state index in [-0.39, 0.29) is 17.8 Å². The highest BCUT2D eigenvalue weighted by molar-refractivity contribution is 7.92. The van der Waals surface area contributed by atoms with Crippen LogP contribution in [0.5, 0.6) is 0 Å². The number of hydrogen-bond acceptors (Lipinski definition) is 5. The van der Waals surface area contributed by atoms with Gasteiger partial charge in [0.15, 0.2) is 0 Å². The number of sulfonamides is 1. The molecule has 0 radical (unpaired) electrons. The van der Waals surface area contributed by atoms with E-state index in [2.05, 4.69) is 32.1 Å². The van der Waals surface area contributed by atoms with Gasteiger partial charge in [-0.3, -0.25) is 14.4 Å². The second-order valence-electron chi connectivity index (χ2n) is 8.27. The van der Waals surface area contributed by atoms with Crippen LogP contribution in [-0.2, 0) is 20.2 Å². The lowest BCUT2D eigenvalue weighted by atomic mass is 9.96. The first-order chi connectivity index (χ1) is 14.4. The van der Waals surface area contributed by atoms with Crippen molar-refractivity contribution in [3.05, 3.63) is 59.8 Å². The Morgan fingerprint density at radius 1 is 1.13 bits per heavy atom. The molecule has 1 aliphatic heterocycles. The molecule has 1 amide bonds. The maximum Gasteiger partial charge on any atom is 0.230 e. The van der Waals surface area contributed by atoms with Gasteiger partial charge in [0.2, 0.25) is 15.9 Å². The summed E-state index contributed by atoms with van der Waals surface area (Å²) in [6, 6.07) is 13.9. The van der Waals surface area contributed by atoms with Crippen LogP contribution in [0.2, 0.25) is 0 Å². The van der Waals surface area contributed by atoms with Gasteiger partial charge < -0.3 is 5.32 Å². The number of pyridine rings is 1. The van der Waals surface area contributed by atoms with Crippen LogP contribution in [0.4, 0.5) is 5.82 Å². The Labute approximate surface area is 177 Å². The zero-order chi connectivity index (χ0) is 21.2. The first kappa shape index (κ1) is 20.8. The lowest BCUT2D eigenvalue weighted by molar-refractivity contribution is -0.123. The Hall–Kier alpha value is -2.45. The van der Waals surface area contributed by atoms with Crippen LogP contribution in [0, 0.1) is 0 Å². The van der Waals surface area contributed by atoms with E-state index in [0.29, 0.717) is 6.54 Å². The molecule has 7 nitrogen and oxygen atoms in total. The van der Waals surface area contributed by atoms with E-state index in [4.69, 9.17) is 0 Å². The summed E-state index contributed by atoms with van der Waals surface area (Å²) in [4.78, 5) is 19.8. The number of benzene rings is 1. The number of nitrogens with zero attached hydrogens (tertiary/aromatic N) is 2. The van der Waals surface area contributed by atoms with Crippen LogP contribution in [-0.4, -0.2) is 50.1 Å². The highest BCUT2D eigenvalue weighted by Gasteiger charge is 2.51. The molecule has 160 valence electrons. The van der Waals surface area contributed by atoms with Gasteiger partial charge in [0, 0.05) is 12.7 Å². The second kappa shape index (κ2) is 8.35. The van der Waals surface area contributed by atoms with Crippen molar-refractivity contribution in [2.45, 2.75) is 37.1 Å². The molecule has 1 aliphatic carbocycles. The van der Waals surface area contributed by atoms with Gasteiger partial charge in [-0.05, 0) is 56.0 Å². The summed E-state index contributed by atoms with van der Waals surface area (Å²) in [5.74, 6) is 0.281. The molecule has 1 unspecified atom stereocenters. The number of rotatable bonds is 8. The topological polar surface area (TPSA) is 91.4 Å². The van der Waals surface area contributed by atoms with E-state index >= 15 is 0 Å². The second-order valence-corrected chi connectivity index (χ2v) is 10.0. The average Bonchev–Trinajstić information content (AvgIpc) is 3.36. The van der Waals surface area contributed by atoms with Gasteiger partial charge in [-0.1, -0.05) is 36.4 Å². The van der Waals surface area contributed by atoms with Crippen molar-refractivity contribution in [2.75, 3.05) is 30.6 Å². The Morgan fingerprint density at radius 3 is 2.40 bits per heavy atom. The fourth-order valence-corrected chi connectivity index (χ4v) is 4.74. The van der Waals surface area contributed by atoms with Gasteiger partial charge in [-0.15, -0.1) is 0 Å². The van der Waals surface area contributed by atoms with Crippen LogP contribution in [0.1, 0.15) is 42.9 Å². The molecule has 4 rings (SSSR count). The Kier molecular flexibility index (Phi) is 5.79. The standard InChI is InChI=1S/C22H28N4O3S/c1-30(28,29)25-20-10-9-18(15-23-20)22(11-12-22)21(27)24-16-19(26-13-5-6-14-26)17-7-3-2-4-8-17/h2-4,7-10,15,19H,5-6,11-14,16H2,1H3,(H,23,25)(H,24,27). The molecule has 0 spiro atoms. The number of hydrogen-bond donors (Lipinski definition) is 2. The Bertz CT molecular complexity index is 983. The summed E-state index contributed by atoms with van der Waals surface area (Å²) in [6.45, 7) is 2.68. The minimum atomic E-state index is -3.38. The molecule has 1 saturated carbocycles. The molecule has 1 aromatic heterocycles. The molecule has 1 saturated heterocycles. The zero-order valence-electron chi connectivity index (χ0n) is 17.2. The summed E-state index contributed by atoms with van der Waals surface area (Å²) in [7, 11) is -3.38. The van der Waals surface area contributed by atoms with Crippen molar-refractivity contribution >= 4 is 21.7 Å². The maximum atomic E-state index is 13.1. The third-order valence-electron chi connectivity index (χ3n) is 6.01. The largest absolute Gasteiger partial charge is 0.353 e. The minimum Gasteiger partial charge on any atom is -0.353 e. The number of carbonyl (C=O) groups excluding carboxylic acids is 1. The summed E-state index contributed by atoms with van der Waals surface area (Å²) in [6.07, 6.45) is 6.64. The highest BCUT2D eigenvalue weighted by atomic mass is 32.2. The van der Waals surface area contributed by atoms with Gasteiger partial charge in [-0.25, -0.2) is 13.4 Å². The SMILES string of the molecule is CS(=O)(=O)Nc1ccc(C2(C(=O)NCC(c3ccccc3)N3CCCC3)CC2)cn1. The third kappa shape index (κ3) is 4.65. The molecule has 1 atom stereocenters. The van der Waals surface area contributed by atoms with E-state index in [0.717, 1.165) is 37.8 Å². The van der Waals surface area contributed by atoms with E-state index < -0.39 is 15.4 Å². The highest BCUT2D eigenvalue weighted by Crippen LogP contribution is 2.48. The van der Waals surface area contributed by atoms with Crippen molar-refractivity contribution in [1.82, 2.24) is 15.2 Å². The van der Waals surface area contributed by atoms with Crippen LogP contribution >= 0.6 is 0 Å². The number of carbonyl (C=O) groups is 1. The van der Waals surface area contributed by atoms with Crippen molar-refractivity contribution in [3.8, 4) is 0 Å². The van der Waals surface area contributed by atoms with Crippen LogP contribution in [0.25, 0.3) is 0 Å². The van der Waals surface area contributed by atoms with Gasteiger partial charge in [0.05, 0.1) is 17.7 Å². The average molecular weight is 429 g/mol. The molecule has 2 aliphatic rings. The third-order valence-corrected chi connectivity index (χ3v) is 6.59. The van der Waals surface area contributed by atoms with E-state index in [1.165, 1.54) is 18.4 Å². The van der Waals surface area contributed by atoms with Crippen molar-refractivity contribution < 1.29 is 13.2 Å². The molecule has 2 N–H and O–H groups in total. The van der Waals surface area contributed by atoms with Gasteiger partial charge in [-0.2, -0.15) is 0 Å². The number of aromatic nitrogens is 1. The number of amides is 1. The van der Waals surface area contributed by atoms with Crippen LogP contribution in [0.3, 0.4) is 0 Å². The fraction of sp³-hybridized carbons (Fsp3) is 0.455. The molecule has 30 heavy (non-hydrogen) atoms. The normalized spacial score (nSPS) is 19.2. The quantitative estimate of drug-likeness (QED) is 0.674. The van der Waals surface area contributed by atoms with E-state index in [1.807, 2.05) is 18.2 Å². The molecule has 1 aromatic carbocycles. The number of likely N-dealkylation sites (tertiary alicyclic amines) is 1. The predicted octanol–water partition coefficient (Wildman–Crippen LogP) is 2.44. The summed E-state index contributed by atoms with van der Waals surface area (Å²) < 4.78 is 25.1. The minimum absolute atomic E-state index is 0.0215. The molecule has 2 heterocycles. The molecular formula is C22H28N4O3S. The van der Waals surface area contributed by atoms with Gasteiger partial charge >= 0.3 is 0 Å². The first-order valence-corrected chi connectivity index (χ1v) is 12.3. The van der Waals surface area contributed by atoms with Crippen molar-refractivity contribution in [3.63, 3.8) is 0 Å². The molecule has 2 aromatic rings. The van der Waals surface area contributed by atoms with Crippen molar-refractivity contribution in [1.29, 1.82) is 0 Å². The van der Waals surface area contributed by atoms with Crippen molar-refractivity contribution in [2.24, 2.45) is 0 Å². The summed E-state index contributed by atoms with van der Waals surface area (Å²) >= 11 is 0. The number of anilines is 1. The zero-order valence-corrected chi connectivity index (χ0v) is 18.0. The van der Waals surface area contributed by atoms with E-state index in [9.17, 15) is 13.2 Å². The smallest absolute Gasteiger partial charge is 0.230 e. The summed E-state index contributed by atoms with van der Waals surface area (Å²) in [5, 5.41) is 3.19. The van der Waals surface area contributed by atoms with Gasteiger partial charge in [0.25, 0.3) is 0 Å².